The number of hydrogen-bond acceptors (Lipinski definition) is 2. The van der Waals surface area contributed by atoms with E-state index in [0.717, 1.165) is 22.0 Å². The summed E-state index contributed by atoms with van der Waals surface area (Å²) in [6.45, 7) is 0. The average molecular weight is 290 g/mol. The molecule has 0 atom stereocenters. The zero-order chi connectivity index (χ0) is 13.4. The number of phenols is 1. The maximum Gasteiger partial charge on any atom is 0.135 e. The Bertz CT molecular complexity index is 766. The summed E-state index contributed by atoms with van der Waals surface area (Å²) in [5.41, 5.74) is 2.61. The third kappa shape index (κ3) is 2.14. The molecule has 3 rings (SSSR count). The number of pyridine rings is 1. The zero-order valence-corrected chi connectivity index (χ0v) is 11.3. The molecule has 2 aromatic carbocycles. The van der Waals surface area contributed by atoms with Crippen molar-refractivity contribution in [2.24, 2.45) is 0 Å². The van der Waals surface area contributed by atoms with Gasteiger partial charge in [-0.3, -0.25) is 4.98 Å². The van der Waals surface area contributed by atoms with E-state index in [4.69, 9.17) is 23.2 Å². The Morgan fingerprint density at radius 1 is 0.895 bits per heavy atom. The number of aromatic nitrogens is 1. The molecule has 3 aromatic rings. The molecule has 0 aliphatic rings. The molecule has 1 aromatic heterocycles. The predicted octanol–water partition coefficient (Wildman–Crippen LogP) is 4.91. The number of aromatic hydroxyl groups is 1. The van der Waals surface area contributed by atoms with Gasteiger partial charge >= 0.3 is 0 Å². The Balaban J connectivity index is 2.33. The van der Waals surface area contributed by atoms with Gasteiger partial charge < -0.3 is 5.11 Å². The smallest absolute Gasteiger partial charge is 0.135 e. The lowest BCUT2D eigenvalue weighted by Gasteiger charge is -2.09. The van der Waals surface area contributed by atoms with Crippen LogP contribution in [0, 0.1) is 0 Å². The fourth-order valence-corrected chi connectivity index (χ4v) is 2.50. The van der Waals surface area contributed by atoms with Crippen molar-refractivity contribution < 1.29 is 5.11 Å². The van der Waals surface area contributed by atoms with Gasteiger partial charge in [0, 0.05) is 23.2 Å². The van der Waals surface area contributed by atoms with Crippen LogP contribution in [0.25, 0.3) is 22.0 Å². The first kappa shape index (κ1) is 12.3. The summed E-state index contributed by atoms with van der Waals surface area (Å²) in [5, 5.41) is 11.3. The fraction of sp³-hybridized carbons (Fsp3) is 0. The molecular formula is C15H9Cl2NO. The van der Waals surface area contributed by atoms with Crippen molar-refractivity contribution in [3.8, 4) is 16.9 Å². The molecule has 94 valence electrons. The van der Waals surface area contributed by atoms with Crippen LogP contribution in [0.5, 0.6) is 5.75 Å². The minimum atomic E-state index is -0.0196. The number of rotatable bonds is 1. The number of nitrogens with zero attached hydrogens (tertiary/aromatic N) is 1. The van der Waals surface area contributed by atoms with E-state index in [2.05, 4.69) is 4.98 Å². The van der Waals surface area contributed by atoms with Crippen LogP contribution in [0.3, 0.4) is 0 Å². The van der Waals surface area contributed by atoms with Gasteiger partial charge in [-0.15, -0.1) is 0 Å². The molecule has 0 aliphatic carbocycles. The first-order chi connectivity index (χ1) is 9.16. The van der Waals surface area contributed by atoms with E-state index in [9.17, 15) is 5.11 Å². The Morgan fingerprint density at radius 2 is 1.74 bits per heavy atom. The highest BCUT2D eigenvalue weighted by molar-refractivity contribution is 6.36. The van der Waals surface area contributed by atoms with Crippen LogP contribution in [0.1, 0.15) is 0 Å². The van der Waals surface area contributed by atoms with E-state index in [0.29, 0.717) is 5.02 Å². The summed E-state index contributed by atoms with van der Waals surface area (Å²) in [6.07, 6.45) is 1.75. The lowest BCUT2D eigenvalue weighted by molar-refractivity contribution is 0.475. The molecule has 4 heteroatoms. The third-order valence-electron chi connectivity index (χ3n) is 2.97. The van der Waals surface area contributed by atoms with Gasteiger partial charge in [0.15, 0.2) is 0 Å². The Morgan fingerprint density at radius 3 is 2.58 bits per heavy atom. The maximum atomic E-state index is 9.56. The maximum absolute atomic E-state index is 9.56. The highest BCUT2D eigenvalue weighted by Gasteiger charge is 2.11. The fourth-order valence-electron chi connectivity index (χ4n) is 2.08. The predicted molar refractivity (Wildman–Crippen MR) is 78.9 cm³/mol. The van der Waals surface area contributed by atoms with Gasteiger partial charge in [0.1, 0.15) is 5.75 Å². The van der Waals surface area contributed by atoms with E-state index in [1.807, 2.05) is 30.3 Å². The minimum Gasteiger partial charge on any atom is -0.506 e. The van der Waals surface area contributed by atoms with Crippen molar-refractivity contribution in [2.45, 2.75) is 0 Å². The molecule has 0 spiro atoms. The van der Waals surface area contributed by atoms with Crippen LogP contribution in [0.4, 0.5) is 0 Å². The largest absolute Gasteiger partial charge is 0.506 e. The Hall–Kier alpha value is -1.77. The summed E-state index contributed by atoms with van der Waals surface area (Å²) < 4.78 is 0. The first-order valence-electron chi connectivity index (χ1n) is 5.69. The van der Waals surface area contributed by atoms with Crippen LogP contribution in [-0.2, 0) is 0 Å². The van der Waals surface area contributed by atoms with E-state index < -0.39 is 0 Å². The summed E-state index contributed by atoms with van der Waals surface area (Å²) in [6, 6.07) is 12.8. The monoisotopic (exact) mass is 289 g/mol. The lowest BCUT2D eigenvalue weighted by atomic mass is 10.0. The van der Waals surface area contributed by atoms with Gasteiger partial charge in [0.25, 0.3) is 0 Å². The molecule has 0 bridgehead atoms. The Kier molecular flexibility index (Phi) is 3.05. The van der Waals surface area contributed by atoms with Crippen LogP contribution >= 0.6 is 23.2 Å². The molecule has 0 amide bonds. The quantitative estimate of drug-likeness (QED) is 0.690. The van der Waals surface area contributed by atoms with Gasteiger partial charge in [-0.2, -0.15) is 0 Å². The van der Waals surface area contributed by atoms with Crippen molar-refractivity contribution in [1.82, 2.24) is 4.98 Å². The number of fused-ring (bicyclic) bond motifs is 1. The second kappa shape index (κ2) is 4.72. The molecular weight excluding hydrogens is 281 g/mol. The van der Waals surface area contributed by atoms with Gasteiger partial charge in [-0.25, -0.2) is 0 Å². The number of phenolic OH excluding ortho intramolecular Hbond substituents is 1. The van der Waals surface area contributed by atoms with E-state index in [1.54, 1.807) is 12.3 Å². The van der Waals surface area contributed by atoms with Crippen molar-refractivity contribution in [2.75, 3.05) is 0 Å². The van der Waals surface area contributed by atoms with Crippen molar-refractivity contribution in [3.63, 3.8) is 0 Å². The summed E-state index contributed by atoms with van der Waals surface area (Å²) >= 11 is 12.2. The standard InChI is InChI=1S/C15H9Cl2NO/c16-12-8-15(19)13(17)7-11(12)9-3-1-5-14-10(9)4-2-6-18-14/h1-8,19H. The first-order valence-corrected chi connectivity index (χ1v) is 6.44. The highest BCUT2D eigenvalue weighted by atomic mass is 35.5. The topological polar surface area (TPSA) is 33.1 Å². The molecule has 19 heavy (non-hydrogen) atoms. The number of hydrogen-bond donors (Lipinski definition) is 1. The molecule has 0 saturated heterocycles. The van der Waals surface area contributed by atoms with Crippen molar-refractivity contribution in [3.05, 3.63) is 58.7 Å². The second-order valence-electron chi connectivity index (χ2n) is 4.16. The number of benzene rings is 2. The molecule has 0 unspecified atom stereocenters. The highest BCUT2D eigenvalue weighted by Crippen LogP contribution is 2.38. The molecule has 1 N–H and O–H groups in total. The van der Waals surface area contributed by atoms with Crippen LogP contribution in [-0.4, -0.2) is 10.1 Å². The molecule has 2 nitrogen and oxygen atoms in total. The average Bonchev–Trinajstić information content (AvgIpc) is 2.42. The van der Waals surface area contributed by atoms with Crippen LogP contribution in [0.15, 0.2) is 48.7 Å². The van der Waals surface area contributed by atoms with E-state index >= 15 is 0 Å². The summed E-state index contributed by atoms with van der Waals surface area (Å²) in [4.78, 5) is 4.31. The molecule has 0 aliphatic heterocycles. The summed E-state index contributed by atoms with van der Waals surface area (Å²) in [7, 11) is 0. The van der Waals surface area contributed by atoms with Crippen LogP contribution < -0.4 is 0 Å². The molecule has 0 saturated carbocycles. The zero-order valence-electron chi connectivity index (χ0n) is 9.77. The van der Waals surface area contributed by atoms with Crippen LogP contribution in [0.2, 0.25) is 10.0 Å². The van der Waals surface area contributed by atoms with Crippen molar-refractivity contribution in [1.29, 1.82) is 0 Å². The van der Waals surface area contributed by atoms with Gasteiger partial charge in [-0.05, 0) is 23.8 Å². The normalized spacial score (nSPS) is 10.8. The van der Waals surface area contributed by atoms with Gasteiger partial charge in [0.2, 0.25) is 0 Å². The molecule has 0 radical (unpaired) electrons. The van der Waals surface area contributed by atoms with Gasteiger partial charge in [0.05, 0.1) is 15.6 Å². The third-order valence-corrected chi connectivity index (χ3v) is 3.59. The van der Waals surface area contributed by atoms with Crippen molar-refractivity contribution >= 4 is 34.1 Å². The second-order valence-corrected chi connectivity index (χ2v) is 4.97. The van der Waals surface area contributed by atoms with Gasteiger partial charge in [-0.1, -0.05) is 41.4 Å². The SMILES string of the molecule is Oc1cc(Cl)c(-c2cccc3ncccc23)cc1Cl. The molecule has 0 fully saturated rings. The number of halogens is 2. The van der Waals surface area contributed by atoms with E-state index in [-0.39, 0.29) is 10.8 Å². The summed E-state index contributed by atoms with van der Waals surface area (Å²) in [5.74, 6) is -0.0196. The van der Waals surface area contributed by atoms with E-state index in [1.165, 1.54) is 6.07 Å². The molecule has 1 heterocycles. The minimum absolute atomic E-state index is 0.0196. The Labute approximate surface area is 120 Å². The lowest BCUT2D eigenvalue weighted by Crippen LogP contribution is -1.85.